The summed E-state index contributed by atoms with van der Waals surface area (Å²) in [4.78, 5) is 0. The summed E-state index contributed by atoms with van der Waals surface area (Å²) in [7, 11) is 0. The van der Waals surface area contributed by atoms with Crippen LogP contribution in [-0.2, 0) is 4.74 Å². The predicted octanol–water partition coefficient (Wildman–Crippen LogP) is 2.85. The molecule has 2 rings (SSSR count). The molecular weight excluding hydrogens is 186 g/mol. The van der Waals surface area contributed by atoms with E-state index in [-0.39, 0.29) is 5.54 Å². The van der Waals surface area contributed by atoms with Crippen molar-refractivity contribution < 1.29 is 4.74 Å². The van der Waals surface area contributed by atoms with Gasteiger partial charge >= 0.3 is 0 Å². The highest BCUT2D eigenvalue weighted by Gasteiger charge is 2.38. The molecule has 0 bridgehead atoms. The molecule has 1 N–H and O–H groups in total. The highest BCUT2D eigenvalue weighted by molar-refractivity contribution is 5.22. The molecular formula is C13H23NO. The van der Waals surface area contributed by atoms with Gasteiger partial charge in [-0.3, -0.25) is 0 Å². The summed E-state index contributed by atoms with van der Waals surface area (Å²) in [5, 5.41) is 3.72. The van der Waals surface area contributed by atoms with E-state index in [2.05, 4.69) is 19.2 Å². The van der Waals surface area contributed by atoms with Gasteiger partial charge in [-0.2, -0.15) is 0 Å². The standard InChI is InChI=1S/C13H23NO/c1-11(2)9-13(6-4-7-14-13)12-5-3-8-15-10-12/h10-11,14H,3-9H2,1-2H3. The van der Waals surface area contributed by atoms with Gasteiger partial charge in [0.15, 0.2) is 0 Å². The second-order valence-corrected chi connectivity index (χ2v) is 5.33. The minimum atomic E-state index is 0.272. The Hall–Kier alpha value is -0.500. The topological polar surface area (TPSA) is 21.3 Å². The van der Waals surface area contributed by atoms with Crippen LogP contribution < -0.4 is 5.32 Å². The van der Waals surface area contributed by atoms with Gasteiger partial charge in [0.05, 0.1) is 12.9 Å². The normalized spacial score (nSPS) is 31.5. The Kier molecular flexibility index (Phi) is 3.35. The van der Waals surface area contributed by atoms with Crippen LogP contribution in [0.2, 0.25) is 0 Å². The maximum absolute atomic E-state index is 5.50. The molecule has 1 atom stereocenters. The lowest BCUT2D eigenvalue weighted by Crippen LogP contribution is -2.43. The number of hydrogen-bond donors (Lipinski definition) is 1. The summed E-state index contributed by atoms with van der Waals surface area (Å²) in [6, 6.07) is 0. The van der Waals surface area contributed by atoms with Gasteiger partial charge in [0.25, 0.3) is 0 Å². The van der Waals surface area contributed by atoms with Crippen LogP contribution in [0.15, 0.2) is 11.8 Å². The lowest BCUT2D eigenvalue weighted by molar-refractivity contribution is 0.205. The first kappa shape index (κ1) is 11.0. The lowest BCUT2D eigenvalue weighted by atomic mass is 9.79. The molecule has 0 spiro atoms. The Labute approximate surface area is 93.1 Å². The molecule has 86 valence electrons. The molecule has 2 nitrogen and oxygen atoms in total. The third-order valence-electron chi connectivity index (χ3n) is 3.55. The van der Waals surface area contributed by atoms with Crippen molar-refractivity contribution in [1.29, 1.82) is 0 Å². The maximum Gasteiger partial charge on any atom is 0.0876 e. The van der Waals surface area contributed by atoms with Gasteiger partial charge in [-0.25, -0.2) is 0 Å². The fraction of sp³-hybridized carbons (Fsp3) is 0.846. The summed E-state index contributed by atoms with van der Waals surface area (Å²) >= 11 is 0. The molecule has 2 heterocycles. The molecule has 0 radical (unpaired) electrons. The van der Waals surface area contributed by atoms with Crippen molar-refractivity contribution in [2.45, 2.75) is 51.5 Å². The smallest absolute Gasteiger partial charge is 0.0876 e. The van der Waals surface area contributed by atoms with E-state index in [1.165, 1.54) is 44.2 Å². The van der Waals surface area contributed by atoms with Crippen LogP contribution in [0, 0.1) is 5.92 Å². The van der Waals surface area contributed by atoms with Gasteiger partial charge in [-0.15, -0.1) is 0 Å². The first-order valence-electron chi connectivity index (χ1n) is 6.29. The average Bonchev–Trinajstić information content (AvgIpc) is 2.68. The summed E-state index contributed by atoms with van der Waals surface area (Å²) in [6.45, 7) is 6.70. The molecule has 2 aliphatic heterocycles. The first-order valence-corrected chi connectivity index (χ1v) is 6.29. The monoisotopic (exact) mass is 209 g/mol. The molecule has 2 heteroatoms. The third kappa shape index (κ3) is 2.36. The quantitative estimate of drug-likeness (QED) is 0.771. The van der Waals surface area contributed by atoms with Crippen molar-refractivity contribution in [2.24, 2.45) is 5.92 Å². The van der Waals surface area contributed by atoms with Gasteiger partial charge in [-0.05, 0) is 50.1 Å². The molecule has 1 fully saturated rings. The number of rotatable bonds is 3. The summed E-state index contributed by atoms with van der Waals surface area (Å²) < 4.78 is 5.50. The van der Waals surface area contributed by atoms with Crippen LogP contribution in [0.3, 0.4) is 0 Å². The van der Waals surface area contributed by atoms with E-state index in [0.29, 0.717) is 0 Å². The highest BCUT2D eigenvalue weighted by atomic mass is 16.5. The Bertz CT molecular complexity index is 239. The molecule has 0 aliphatic carbocycles. The molecule has 1 saturated heterocycles. The zero-order valence-corrected chi connectivity index (χ0v) is 10.0. The van der Waals surface area contributed by atoms with Crippen LogP contribution >= 0.6 is 0 Å². The molecule has 15 heavy (non-hydrogen) atoms. The van der Waals surface area contributed by atoms with Crippen LogP contribution in [0.5, 0.6) is 0 Å². The predicted molar refractivity (Wildman–Crippen MR) is 62.7 cm³/mol. The zero-order valence-electron chi connectivity index (χ0n) is 10.0. The highest BCUT2D eigenvalue weighted by Crippen LogP contribution is 2.37. The Balaban J connectivity index is 2.13. The average molecular weight is 209 g/mol. The SMILES string of the molecule is CC(C)CC1(C2=COCCC2)CCCN1. The number of nitrogens with one attached hydrogen (secondary N) is 1. The number of hydrogen-bond acceptors (Lipinski definition) is 2. The minimum Gasteiger partial charge on any atom is -0.501 e. The van der Waals surface area contributed by atoms with E-state index >= 15 is 0 Å². The lowest BCUT2D eigenvalue weighted by Gasteiger charge is -2.35. The van der Waals surface area contributed by atoms with E-state index in [1.54, 1.807) is 0 Å². The molecule has 0 aromatic heterocycles. The molecule has 0 saturated carbocycles. The van der Waals surface area contributed by atoms with E-state index < -0.39 is 0 Å². The van der Waals surface area contributed by atoms with Gasteiger partial charge in [-0.1, -0.05) is 13.8 Å². The van der Waals surface area contributed by atoms with Gasteiger partial charge in [0, 0.05) is 5.54 Å². The fourth-order valence-electron chi connectivity index (χ4n) is 3.00. The van der Waals surface area contributed by atoms with Crippen LogP contribution in [0.1, 0.15) is 46.0 Å². The number of ether oxygens (including phenoxy) is 1. The van der Waals surface area contributed by atoms with Crippen molar-refractivity contribution in [3.63, 3.8) is 0 Å². The van der Waals surface area contributed by atoms with Gasteiger partial charge < -0.3 is 10.1 Å². The molecule has 0 aromatic rings. The Morgan fingerprint density at radius 2 is 2.33 bits per heavy atom. The second kappa shape index (κ2) is 4.56. The van der Waals surface area contributed by atoms with Gasteiger partial charge in [0.2, 0.25) is 0 Å². The maximum atomic E-state index is 5.50. The summed E-state index contributed by atoms with van der Waals surface area (Å²) in [6.07, 6.45) is 8.30. The van der Waals surface area contributed by atoms with E-state index in [1.807, 2.05) is 6.26 Å². The van der Waals surface area contributed by atoms with Crippen molar-refractivity contribution in [3.8, 4) is 0 Å². The van der Waals surface area contributed by atoms with Crippen molar-refractivity contribution >= 4 is 0 Å². The van der Waals surface area contributed by atoms with Crippen LogP contribution in [-0.4, -0.2) is 18.7 Å². The first-order chi connectivity index (χ1) is 7.23. The zero-order chi connectivity index (χ0) is 10.7. The van der Waals surface area contributed by atoms with Crippen LogP contribution in [0.25, 0.3) is 0 Å². The third-order valence-corrected chi connectivity index (χ3v) is 3.55. The molecule has 2 aliphatic rings. The van der Waals surface area contributed by atoms with Crippen molar-refractivity contribution in [2.75, 3.05) is 13.2 Å². The molecule has 0 aromatic carbocycles. The summed E-state index contributed by atoms with van der Waals surface area (Å²) in [5.74, 6) is 0.749. The minimum absolute atomic E-state index is 0.272. The fourth-order valence-corrected chi connectivity index (χ4v) is 3.00. The second-order valence-electron chi connectivity index (χ2n) is 5.33. The molecule has 1 unspecified atom stereocenters. The van der Waals surface area contributed by atoms with E-state index in [9.17, 15) is 0 Å². The molecule has 0 amide bonds. The Morgan fingerprint density at radius 3 is 2.87 bits per heavy atom. The van der Waals surface area contributed by atoms with Crippen molar-refractivity contribution in [3.05, 3.63) is 11.8 Å². The van der Waals surface area contributed by atoms with Gasteiger partial charge in [0.1, 0.15) is 0 Å². The van der Waals surface area contributed by atoms with Crippen molar-refractivity contribution in [1.82, 2.24) is 5.32 Å². The largest absolute Gasteiger partial charge is 0.501 e. The van der Waals surface area contributed by atoms with E-state index in [0.717, 1.165) is 12.5 Å². The Morgan fingerprint density at radius 1 is 1.47 bits per heavy atom. The van der Waals surface area contributed by atoms with E-state index in [4.69, 9.17) is 4.74 Å². The summed E-state index contributed by atoms with van der Waals surface area (Å²) in [5.41, 5.74) is 1.79. The van der Waals surface area contributed by atoms with Crippen LogP contribution in [0.4, 0.5) is 0 Å².